The van der Waals surface area contributed by atoms with Crippen molar-refractivity contribution in [2.24, 2.45) is 0 Å². The number of rotatable bonds is 3. The van der Waals surface area contributed by atoms with Gasteiger partial charge in [-0.05, 0) is 42.5 Å². The van der Waals surface area contributed by atoms with Crippen molar-refractivity contribution in [3.63, 3.8) is 0 Å². The lowest BCUT2D eigenvalue weighted by Gasteiger charge is -2.06. The summed E-state index contributed by atoms with van der Waals surface area (Å²) in [4.78, 5) is 19.5. The highest BCUT2D eigenvalue weighted by Gasteiger charge is 2.06. The number of nitrogens with zero attached hydrogens (tertiary/aromatic N) is 3. The molecule has 0 spiro atoms. The molecule has 4 aromatic rings. The molecular formula is C18H11ClN4O2. The Kier molecular flexibility index (Phi) is 3.87. The van der Waals surface area contributed by atoms with Crippen LogP contribution < -0.4 is 10.3 Å². The van der Waals surface area contributed by atoms with Gasteiger partial charge in [0.05, 0.1) is 10.9 Å². The average Bonchev–Trinajstić information content (AvgIpc) is 2.64. The van der Waals surface area contributed by atoms with Crippen molar-refractivity contribution in [1.29, 1.82) is 0 Å². The first-order valence-electron chi connectivity index (χ1n) is 7.46. The minimum absolute atomic E-state index is 0.169. The van der Waals surface area contributed by atoms with Gasteiger partial charge in [-0.1, -0.05) is 23.7 Å². The molecule has 25 heavy (non-hydrogen) atoms. The van der Waals surface area contributed by atoms with Gasteiger partial charge < -0.3 is 9.72 Å². The zero-order chi connectivity index (χ0) is 17.2. The normalized spacial score (nSPS) is 10.8. The largest absolute Gasteiger partial charge is 0.438 e. The van der Waals surface area contributed by atoms with Crippen LogP contribution in [0.3, 0.4) is 0 Å². The maximum Gasteiger partial charge on any atom is 0.259 e. The molecule has 0 aliphatic rings. The molecule has 6 nitrogen and oxygen atoms in total. The van der Waals surface area contributed by atoms with Crippen molar-refractivity contribution in [3.05, 3.63) is 76.2 Å². The number of ether oxygens (including phenoxy) is 1. The van der Waals surface area contributed by atoms with Crippen LogP contribution in [0.15, 0.2) is 65.5 Å². The van der Waals surface area contributed by atoms with Crippen LogP contribution in [0.1, 0.15) is 0 Å². The van der Waals surface area contributed by atoms with E-state index in [2.05, 4.69) is 20.2 Å². The van der Waals surface area contributed by atoms with E-state index in [9.17, 15) is 4.79 Å². The molecule has 0 aliphatic heterocycles. The van der Waals surface area contributed by atoms with Crippen molar-refractivity contribution < 1.29 is 4.74 Å². The fraction of sp³-hybridized carbons (Fsp3) is 0. The molecule has 0 amide bonds. The van der Waals surface area contributed by atoms with E-state index in [1.54, 1.807) is 30.3 Å². The number of halogens is 1. The summed E-state index contributed by atoms with van der Waals surface area (Å²) >= 11 is 5.69. The first-order valence-corrected chi connectivity index (χ1v) is 7.83. The zero-order valence-corrected chi connectivity index (χ0v) is 13.6. The van der Waals surface area contributed by atoms with Crippen LogP contribution in [0.5, 0.6) is 11.6 Å². The van der Waals surface area contributed by atoms with E-state index in [4.69, 9.17) is 16.3 Å². The van der Waals surface area contributed by atoms with Crippen molar-refractivity contribution >= 4 is 22.5 Å². The quantitative estimate of drug-likeness (QED) is 0.607. The summed E-state index contributed by atoms with van der Waals surface area (Å²) in [6.45, 7) is 0. The summed E-state index contributed by atoms with van der Waals surface area (Å²) in [5.41, 5.74) is 1.26. The topological polar surface area (TPSA) is 80.8 Å². The molecule has 7 heteroatoms. The van der Waals surface area contributed by atoms with Crippen molar-refractivity contribution in [2.45, 2.75) is 0 Å². The Morgan fingerprint density at radius 1 is 0.920 bits per heavy atom. The summed E-state index contributed by atoms with van der Waals surface area (Å²) in [5, 5.41) is 8.42. The minimum atomic E-state index is -0.169. The predicted octanol–water partition coefficient (Wildman–Crippen LogP) is 3.83. The smallest absolute Gasteiger partial charge is 0.259 e. The lowest BCUT2D eigenvalue weighted by atomic mass is 10.2. The third-order valence-corrected chi connectivity index (χ3v) is 3.77. The first-order chi connectivity index (χ1) is 12.2. The van der Waals surface area contributed by atoms with Crippen LogP contribution in [-0.4, -0.2) is 20.2 Å². The SMILES string of the molecule is O=c1[nH]c(-c2ccc(Oc3ccc(Cl)nn3)cc2)nc2ccccc12. The number of hydrogen-bond acceptors (Lipinski definition) is 5. The number of hydrogen-bond donors (Lipinski definition) is 1. The molecule has 2 aromatic carbocycles. The van der Waals surface area contributed by atoms with Crippen LogP contribution in [-0.2, 0) is 0 Å². The van der Waals surface area contributed by atoms with E-state index in [-0.39, 0.29) is 5.56 Å². The Balaban J connectivity index is 1.64. The first kappa shape index (κ1) is 15.3. The van der Waals surface area contributed by atoms with Gasteiger partial charge in [0, 0.05) is 11.6 Å². The van der Waals surface area contributed by atoms with Crippen LogP contribution in [0.25, 0.3) is 22.3 Å². The molecule has 0 fully saturated rings. The molecule has 0 saturated heterocycles. The zero-order valence-electron chi connectivity index (χ0n) is 12.8. The molecule has 0 saturated carbocycles. The number of H-pyrrole nitrogens is 1. The van der Waals surface area contributed by atoms with Gasteiger partial charge in [-0.2, -0.15) is 0 Å². The van der Waals surface area contributed by atoms with Crippen LogP contribution >= 0.6 is 11.6 Å². The van der Waals surface area contributed by atoms with Crippen molar-refractivity contribution in [2.75, 3.05) is 0 Å². The second-order valence-corrected chi connectivity index (χ2v) is 5.64. The maximum atomic E-state index is 12.2. The Morgan fingerprint density at radius 2 is 1.72 bits per heavy atom. The Labute approximate surface area is 147 Å². The predicted molar refractivity (Wildman–Crippen MR) is 94.9 cm³/mol. The van der Waals surface area contributed by atoms with Gasteiger partial charge in [0.2, 0.25) is 5.88 Å². The summed E-state index contributed by atoms with van der Waals surface area (Å²) in [5.74, 6) is 1.43. The van der Waals surface area contributed by atoms with Gasteiger partial charge in [-0.25, -0.2) is 4.98 Å². The Hall–Kier alpha value is -3.25. The average molecular weight is 351 g/mol. The third-order valence-electron chi connectivity index (χ3n) is 3.57. The molecule has 2 heterocycles. The number of benzene rings is 2. The van der Waals surface area contributed by atoms with Gasteiger partial charge in [0.15, 0.2) is 5.15 Å². The number of aromatic nitrogens is 4. The lowest BCUT2D eigenvalue weighted by Crippen LogP contribution is -2.09. The van der Waals surface area contributed by atoms with Crippen LogP contribution in [0.2, 0.25) is 5.15 Å². The highest BCUT2D eigenvalue weighted by atomic mass is 35.5. The number of para-hydroxylation sites is 1. The Morgan fingerprint density at radius 3 is 2.48 bits per heavy atom. The maximum absolute atomic E-state index is 12.2. The van der Waals surface area contributed by atoms with Gasteiger partial charge in [0.1, 0.15) is 11.6 Å². The van der Waals surface area contributed by atoms with Crippen LogP contribution in [0, 0.1) is 0 Å². The molecule has 1 N–H and O–H groups in total. The molecule has 2 aromatic heterocycles. The van der Waals surface area contributed by atoms with E-state index < -0.39 is 0 Å². The third kappa shape index (κ3) is 3.20. The fourth-order valence-corrected chi connectivity index (χ4v) is 2.48. The van der Waals surface area contributed by atoms with Gasteiger partial charge in [-0.15, -0.1) is 10.2 Å². The molecule has 0 unspecified atom stereocenters. The minimum Gasteiger partial charge on any atom is -0.438 e. The van der Waals surface area contributed by atoms with E-state index in [1.807, 2.05) is 30.3 Å². The standard InChI is InChI=1S/C18H11ClN4O2/c19-15-9-10-16(23-22-15)25-12-7-5-11(6-8-12)17-20-14-4-2-1-3-13(14)18(24)21-17/h1-10H,(H,20,21,24). The van der Waals surface area contributed by atoms with Crippen LogP contribution in [0.4, 0.5) is 0 Å². The summed E-state index contributed by atoms with van der Waals surface area (Å²) in [7, 11) is 0. The lowest BCUT2D eigenvalue weighted by molar-refractivity contribution is 0.455. The summed E-state index contributed by atoms with van der Waals surface area (Å²) in [6, 6.07) is 17.6. The highest BCUT2D eigenvalue weighted by molar-refractivity contribution is 6.29. The molecule has 0 radical (unpaired) electrons. The monoisotopic (exact) mass is 350 g/mol. The van der Waals surface area contributed by atoms with E-state index in [0.29, 0.717) is 33.5 Å². The second-order valence-electron chi connectivity index (χ2n) is 5.25. The molecule has 4 rings (SSSR count). The summed E-state index contributed by atoms with van der Waals surface area (Å²) < 4.78 is 5.59. The van der Waals surface area contributed by atoms with Gasteiger partial charge in [-0.3, -0.25) is 4.79 Å². The molecule has 0 atom stereocenters. The number of nitrogens with one attached hydrogen (secondary N) is 1. The number of aromatic amines is 1. The highest BCUT2D eigenvalue weighted by Crippen LogP contribution is 2.23. The van der Waals surface area contributed by atoms with Gasteiger partial charge in [0.25, 0.3) is 5.56 Å². The molecule has 0 bridgehead atoms. The Bertz CT molecular complexity index is 1090. The van der Waals surface area contributed by atoms with E-state index >= 15 is 0 Å². The van der Waals surface area contributed by atoms with Crippen molar-refractivity contribution in [3.8, 4) is 23.0 Å². The summed E-state index contributed by atoms with van der Waals surface area (Å²) in [6.07, 6.45) is 0. The van der Waals surface area contributed by atoms with Gasteiger partial charge >= 0.3 is 0 Å². The molecule has 0 aliphatic carbocycles. The molecular weight excluding hydrogens is 340 g/mol. The fourth-order valence-electron chi connectivity index (χ4n) is 2.38. The van der Waals surface area contributed by atoms with E-state index in [1.165, 1.54) is 0 Å². The number of fused-ring (bicyclic) bond motifs is 1. The van der Waals surface area contributed by atoms with E-state index in [0.717, 1.165) is 5.56 Å². The molecule has 122 valence electrons. The van der Waals surface area contributed by atoms with Crippen molar-refractivity contribution in [1.82, 2.24) is 20.2 Å². The second kappa shape index (κ2) is 6.33.